The Hall–Kier alpha value is -2.43. The van der Waals surface area contributed by atoms with E-state index < -0.39 is 0 Å². The van der Waals surface area contributed by atoms with E-state index in [-0.39, 0.29) is 11.8 Å². The number of amides is 2. The molecule has 0 fully saturated rings. The minimum absolute atomic E-state index is 0.205. The van der Waals surface area contributed by atoms with Crippen molar-refractivity contribution in [3.05, 3.63) is 53.1 Å². The number of H-pyrrole nitrogens is 1. The van der Waals surface area contributed by atoms with E-state index in [1.807, 2.05) is 13.0 Å². The number of carbonyl (C=O) groups is 2. The summed E-state index contributed by atoms with van der Waals surface area (Å²) in [6.45, 7) is 2.28. The molecule has 0 saturated carbocycles. The van der Waals surface area contributed by atoms with Gasteiger partial charge in [0.15, 0.2) is 0 Å². The van der Waals surface area contributed by atoms with E-state index in [4.69, 9.17) is 0 Å². The summed E-state index contributed by atoms with van der Waals surface area (Å²) in [7, 11) is 0. The third kappa shape index (κ3) is 1.93. The summed E-state index contributed by atoms with van der Waals surface area (Å²) in [5.41, 5.74) is 2.90. The number of imide groups is 1. The molecular weight excluding hydrogens is 242 g/mol. The molecule has 1 aromatic carbocycles. The average molecular weight is 255 g/mol. The molecule has 2 heterocycles. The second-order valence-corrected chi connectivity index (χ2v) is 4.64. The Kier molecular flexibility index (Phi) is 2.67. The van der Waals surface area contributed by atoms with Crippen molar-refractivity contribution in [3.8, 4) is 0 Å². The van der Waals surface area contributed by atoms with Gasteiger partial charge in [-0.15, -0.1) is 0 Å². The molecule has 1 aromatic heterocycles. The predicted molar refractivity (Wildman–Crippen MR) is 68.8 cm³/mol. The van der Waals surface area contributed by atoms with Crippen molar-refractivity contribution >= 4 is 11.8 Å². The van der Waals surface area contributed by atoms with Crippen LogP contribution in [0, 0.1) is 6.92 Å². The lowest BCUT2D eigenvalue weighted by atomic mass is 10.1. The molecule has 0 unspecified atom stereocenters. The smallest absolute Gasteiger partial charge is 0.261 e. The summed E-state index contributed by atoms with van der Waals surface area (Å²) in [4.78, 5) is 32.5. The zero-order valence-electron chi connectivity index (χ0n) is 10.5. The molecule has 19 heavy (non-hydrogen) atoms. The molecule has 1 N–H and O–H groups in total. The number of aryl methyl sites for hydroxylation is 1. The second-order valence-electron chi connectivity index (χ2n) is 4.64. The first-order valence-electron chi connectivity index (χ1n) is 6.11. The topological polar surface area (TPSA) is 66.1 Å². The highest BCUT2D eigenvalue weighted by Crippen LogP contribution is 2.23. The van der Waals surface area contributed by atoms with Crippen molar-refractivity contribution in [1.82, 2.24) is 14.9 Å². The van der Waals surface area contributed by atoms with Crippen LogP contribution in [0.2, 0.25) is 0 Å². The lowest BCUT2D eigenvalue weighted by Gasteiger charge is -2.12. The number of hydrogen-bond donors (Lipinski definition) is 1. The highest BCUT2D eigenvalue weighted by atomic mass is 16.2. The van der Waals surface area contributed by atoms with E-state index in [1.165, 1.54) is 4.90 Å². The van der Waals surface area contributed by atoms with Gasteiger partial charge in [0.25, 0.3) is 11.8 Å². The average Bonchev–Trinajstić information content (AvgIpc) is 2.98. The molecule has 5 heteroatoms. The maximum atomic E-state index is 12.2. The Morgan fingerprint density at radius 3 is 2.74 bits per heavy atom. The van der Waals surface area contributed by atoms with E-state index in [0.717, 1.165) is 11.3 Å². The van der Waals surface area contributed by atoms with Gasteiger partial charge in [-0.25, -0.2) is 4.98 Å². The molecule has 3 rings (SSSR count). The molecule has 96 valence electrons. The fraction of sp³-hybridized carbons (Fsp3) is 0.214. The van der Waals surface area contributed by atoms with E-state index in [1.54, 1.807) is 24.7 Å². The van der Waals surface area contributed by atoms with Crippen LogP contribution in [0.15, 0.2) is 30.7 Å². The SMILES string of the molecule is Cc1ccc2c(c1)C(=O)N(CCc1cnc[nH]1)C2=O. The monoisotopic (exact) mass is 255 g/mol. The van der Waals surface area contributed by atoms with Crippen molar-refractivity contribution in [2.75, 3.05) is 6.54 Å². The molecule has 0 saturated heterocycles. The van der Waals surface area contributed by atoms with E-state index in [0.29, 0.717) is 24.1 Å². The molecular formula is C14H13N3O2. The first kappa shape index (κ1) is 11.6. The van der Waals surface area contributed by atoms with E-state index in [2.05, 4.69) is 9.97 Å². The number of nitrogens with zero attached hydrogens (tertiary/aromatic N) is 2. The summed E-state index contributed by atoms with van der Waals surface area (Å²) in [6.07, 6.45) is 3.87. The molecule has 1 aliphatic rings. The maximum absolute atomic E-state index is 12.2. The summed E-state index contributed by atoms with van der Waals surface area (Å²) in [6, 6.07) is 5.34. The lowest BCUT2D eigenvalue weighted by molar-refractivity contribution is 0.0656. The second kappa shape index (κ2) is 4.35. The van der Waals surface area contributed by atoms with Gasteiger partial charge in [0, 0.05) is 24.9 Å². The summed E-state index contributed by atoms with van der Waals surface area (Å²) >= 11 is 0. The van der Waals surface area contributed by atoms with Gasteiger partial charge < -0.3 is 4.98 Å². The van der Waals surface area contributed by atoms with Gasteiger partial charge in [-0.1, -0.05) is 11.6 Å². The molecule has 0 aliphatic carbocycles. The molecule has 1 aliphatic heterocycles. The number of fused-ring (bicyclic) bond motifs is 1. The van der Waals surface area contributed by atoms with Gasteiger partial charge in [0.05, 0.1) is 17.5 Å². The van der Waals surface area contributed by atoms with Crippen LogP contribution in [0.1, 0.15) is 32.0 Å². The zero-order valence-corrected chi connectivity index (χ0v) is 10.5. The number of hydrogen-bond acceptors (Lipinski definition) is 3. The molecule has 0 atom stereocenters. The number of nitrogens with one attached hydrogen (secondary N) is 1. The van der Waals surface area contributed by atoms with Crippen LogP contribution >= 0.6 is 0 Å². The standard InChI is InChI=1S/C14H13N3O2/c1-9-2-3-11-12(6-9)14(19)17(13(11)18)5-4-10-7-15-8-16-10/h2-3,6-8H,4-5H2,1H3,(H,15,16). The van der Waals surface area contributed by atoms with Crippen LogP contribution in [0.4, 0.5) is 0 Å². The first-order valence-corrected chi connectivity index (χ1v) is 6.11. The summed E-state index contributed by atoms with van der Waals surface area (Å²) < 4.78 is 0. The minimum atomic E-state index is -0.209. The molecule has 5 nitrogen and oxygen atoms in total. The van der Waals surface area contributed by atoms with Crippen LogP contribution in [0.25, 0.3) is 0 Å². The molecule has 0 bridgehead atoms. The van der Waals surface area contributed by atoms with Crippen LogP contribution in [-0.2, 0) is 6.42 Å². The number of aromatic amines is 1. The Labute approximate surface area is 110 Å². The van der Waals surface area contributed by atoms with Gasteiger partial charge in [-0.2, -0.15) is 0 Å². The van der Waals surface area contributed by atoms with Crippen LogP contribution < -0.4 is 0 Å². The summed E-state index contributed by atoms with van der Waals surface area (Å²) in [5.74, 6) is -0.414. The molecule has 2 aromatic rings. The fourth-order valence-corrected chi connectivity index (χ4v) is 2.26. The van der Waals surface area contributed by atoms with Gasteiger partial charge >= 0.3 is 0 Å². The van der Waals surface area contributed by atoms with Gasteiger partial charge in [-0.3, -0.25) is 14.5 Å². The van der Waals surface area contributed by atoms with Crippen molar-refractivity contribution in [3.63, 3.8) is 0 Å². The fourth-order valence-electron chi connectivity index (χ4n) is 2.26. The quantitative estimate of drug-likeness (QED) is 0.846. The minimum Gasteiger partial charge on any atom is -0.348 e. The Morgan fingerprint density at radius 2 is 2.00 bits per heavy atom. The normalized spacial score (nSPS) is 14.1. The van der Waals surface area contributed by atoms with E-state index in [9.17, 15) is 9.59 Å². The van der Waals surface area contributed by atoms with Gasteiger partial charge in [0.2, 0.25) is 0 Å². The Balaban J connectivity index is 1.82. The van der Waals surface area contributed by atoms with Crippen LogP contribution in [0.5, 0.6) is 0 Å². The number of aromatic nitrogens is 2. The molecule has 2 amide bonds. The van der Waals surface area contributed by atoms with Gasteiger partial charge in [-0.05, 0) is 19.1 Å². The largest absolute Gasteiger partial charge is 0.348 e. The van der Waals surface area contributed by atoms with Crippen molar-refractivity contribution in [1.29, 1.82) is 0 Å². The van der Waals surface area contributed by atoms with E-state index >= 15 is 0 Å². The van der Waals surface area contributed by atoms with Crippen molar-refractivity contribution < 1.29 is 9.59 Å². The van der Waals surface area contributed by atoms with Crippen molar-refractivity contribution in [2.45, 2.75) is 13.3 Å². The number of rotatable bonds is 3. The number of carbonyl (C=O) groups excluding carboxylic acids is 2. The third-order valence-electron chi connectivity index (χ3n) is 3.29. The Bertz CT molecular complexity index is 647. The lowest BCUT2D eigenvalue weighted by Crippen LogP contribution is -2.31. The zero-order chi connectivity index (χ0) is 13.4. The summed E-state index contributed by atoms with van der Waals surface area (Å²) in [5, 5.41) is 0. The molecule has 0 spiro atoms. The number of imidazole rings is 1. The highest BCUT2D eigenvalue weighted by Gasteiger charge is 2.34. The Morgan fingerprint density at radius 1 is 1.21 bits per heavy atom. The first-order chi connectivity index (χ1) is 9.16. The molecule has 0 radical (unpaired) electrons. The maximum Gasteiger partial charge on any atom is 0.261 e. The number of benzene rings is 1. The predicted octanol–water partition coefficient (Wildman–Crippen LogP) is 1.56. The highest BCUT2D eigenvalue weighted by molar-refractivity contribution is 6.21. The van der Waals surface area contributed by atoms with Crippen LogP contribution in [-0.4, -0.2) is 33.2 Å². The third-order valence-corrected chi connectivity index (χ3v) is 3.29. The van der Waals surface area contributed by atoms with Crippen LogP contribution in [0.3, 0.4) is 0 Å². The van der Waals surface area contributed by atoms with Crippen molar-refractivity contribution in [2.24, 2.45) is 0 Å². The van der Waals surface area contributed by atoms with Gasteiger partial charge in [0.1, 0.15) is 0 Å².